The third-order valence-corrected chi connectivity index (χ3v) is 5.87. The summed E-state index contributed by atoms with van der Waals surface area (Å²) in [5.41, 5.74) is 6.80. The number of nitrogens with zero attached hydrogens (tertiary/aromatic N) is 1. The van der Waals surface area contributed by atoms with Crippen LogP contribution < -0.4 is 0 Å². The van der Waals surface area contributed by atoms with E-state index in [-0.39, 0.29) is 0 Å². The van der Waals surface area contributed by atoms with Gasteiger partial charge < -0.3 is 4.42 Å². The maximum Gasteiger partial charge on any atom is 0.144 e. The predicted molar refractivity (Wildman–Crippen MR) is 108 cm³/mol. The number of fused-ring (bicyclic) bond motifs is 3. The number of aryl methyl sites for hydroxylation is 1. The summed E-state index contributed by atoms with van der Waals surface area (Å²) in [7, 11) is 0. The third-order valence-electron chi connectivity index (χ3n) is 5.87. The van der Waals surface area contributed by atoms with Gasteiger partial charge in [-0.25, -0.2) is 0 Å². The molecule has 2 heterocycles. The molecule has 5 rings (SSSR count). The molecule has 0 amide bonds. The number of pyridine rings is 1. The number of furan rings is 1. The maximum atomic E-state index is 6.21. The van der Waals surface area contributed by atoms with Crippen LogP contribution in [0, 0.1) is 6.92 Å². The Kier molecular flexibility index (Phi) is 3.77. The second kappa shape index (κ2) is 6.28. The van der Waals surface area contributed by atoms with Gasteiger partial charge in [-0.2, -0.15) is 0 Å². The number of hydrogen-bond donors (Lipinski definition) is 0. The summed E-state index contributed by atoms with van der Waals surface area (Å²) in [6.07, 6.45) is 8.73. The first-order valence-corrected chi connectivity index (χ1v) is 9.68. The molecule has 0 N–H and O–H groups in total. The molecule has 1 aliphatic rings. The smallest absolute Gasteiger partial charge is 0.144 e. The summed E-state index contributed by atoms with van der Waals surface area (Å²) in [4.78, 5) is 4.76. The SMILES string of the molecule is Cc1cnc(-c2cccc3c2oc2ccccc23)cc1C1CCCCC1. The van der Waals surface area contributed by atoms with Crippen molar-refractivity contribution in [3.05, 3.63) is 65.9 Å². The first-order chi connectivity index (χ1) is 12.8. The fraction of sp³-hybridized carbons (Fsp3) is 0.292. The molecule has 0 bridgehead atoms. The molecule has 0 saturated heterocycles. The number of aromatic nitrogens is 1. The van der Waals surface area contributed by atoms with Crippen LogP contribution in [0.4, 0.5) is 0 Å². The van der Waals surface area contributed by atoms with Crippen molar-refractivity contribution in [3.8, 4) is 11.3 Å². The minimum absolute atomic E-state index is 0.681. The zero-order valence-corrected chi connectivity index (χ0v) is 15.2. The quantitative estimate of drug-likeness (QED) is 0.392. The fourth-order valence-electron chi connectivity index (χ4n) is 4.49. The van der Waals surface area contributed by atoms with Gasteiger partial charge in [0, 0.05) is 22.5 Å². The monoisotopic (exact) mass is 341 g/mol. The van der Waals surface area contributed by atoms with Crippen LogP contribution in [0.2, 0.25) is 0 Å². The average Bonchev–Trinajstić information content (AvgIpc) is 3.08. The standard InChI is InChI=1S/C24H23NO/c1-16-15-25-22(14-21(16)17-8-3-2-4-9-17)20-12-7-11-19-18-10-5-6-13-23(18)26-24(19)20/h5-7,10-15,17H,2-4,8-9H2,1H3. The van der Waals surface area contributed by atoms with Crippen LogP contribution >= 0.6 is 0 Å². The Labute approximate surface area is 153 Å². The van der Waals surface area contributed by atoms with Crippen molar-refractivity contribution < 1.29 is 4.42 Å². The highest BCUT2D eigenvalue weighted by Crippen LogP contribution is 2.38. The van der Waals surface area contributed by atoms with E-state index in [0.717, 1.165) is 22.4 Å². The first kappa shape index (κ1) is 15.6. The van der Waals surface area contributed by atoms with Gasteiger partial charge in [0.15, 0.2) is 0 Å². The second-order valence-corrected chi connectivity index (χ2v) is 7.54. The lowest BCUT2D eigenvalue weighted by atomic mass is 9.82. The van der Waals surface area contributed by atoms with Crippen molar-refractivity contribution in [2.24, 2.45) is 0 Å². The Morgan fingerprint density at radius 3 is 2.62 bits per heavy atom. The van der Waals surface area contributed by atoms with Crippen LogP contribution in [0.5, 0.6) is 0 Å². The first-order valence-electron chi connectivity index (χ1n) is 9.68. The van der Waals surface area contributed by atoms with Gasteiger partial charge in [-0.3, -0.25) is 4.98 Å². The van der Waals surface area contributed by atoms with E-state index in [9.17, 15) is 0 Å². The largest absolute Gasteiger partial charge is 0.455 e. The molecule has 2 aromatic carbocycles. The molecule has 2 nitrogen and oxygen atoms in total. The van der Waals surface area contributed by atoms with E-state index in [1.165, 1.54) is 54.0 Å². The van der Waals surface area contributed by atoms with E-state index in [2.05, 4.69) is 43.3 Å². The highest BCUT2D eigenvalue weighted by atomic mass is 16.3. The summed E-state index contributed by atoms with van der Waals surface area (Å²) in [5, 5.41) is 2.34. The highest BCUT2D eigenvalue weighted by Gasteiger charge is 2.19. The van der Waals surface area contributed by atoms with Gasteiger partial charge in [-0.15, -0.1) is 0 Å². The van der Waals surface area contributed by atoms with Crippen LogP contribution in [-0.2, 0) is 0 Å². The van der Waals surface area contributed by atoms with Gasteiger partial charge in [0.05, 0.1) is 5.69 Å². The fourth-order valence-corrected chi connectivity index (χ4v) is 4.49. The summed E-state index contributed by atoms with van der Waals surface area (Å²) in [5.74, 6) is 0.681. The van der Waals surface area contributed by atoms with Crippen molar-refractivity contribution in [1.29, 1.82) is 0 Å². The Bertz CT molecular complexity index is 1090. The Hall–Kier alpha value is -2.61. The molecule has 0 unspecified atom stereocenters. The van der Waals surface area contributed by atoms with Crippen molar-refractivity contribution in [2.75, 3.05) is 0 Å². The van der Waals surface area contributed by atoms with Gasteiger partial charge in [0.25, 0.3) is 0 Å². The summed E-state index contributed by atoms with van der Waals surface area (Å²) in [6, 6.07) is 16.9. The van der Waals surface area contributed by atoms with Crippen molar-refractivity contribution >= 4 is 21.9 Å². The molecule has 0 radical (unpaired) electrons. The zero-order chi connectivity index (χ0) is 17.5. The van der Waals surface area contributed by atoms with E-state index in [1.54, 1.807) is 0 Å². The highest BCUT2D eigenvalue weighted by molar-refractivity contribution is 6.09. The molecule has 0 spiro atoms. The van der Waals surface area contributed by atoms with Gasteiger partial charge in [0.2, 0.25) is 0 Å². The van der Waals surface area contributed by atoms with Crippen LogP contribution in [-0.4, -0.2) is 4.98 Å². The van der Waals surface area contributed by atoms with Gasteiger partial charge in [-0.1, -0.05) is 49.6 Å². The van der Waals surface area contributed by atoms with E-state index < -0.39 is 0 Å². The van der Waals surface area contributed by atoms with Crippen molar-refractivity contribution in [2.45, 2.75) is 44.9 Å². The topological polar surface area (TPSA) is 26.0 Å². The van der Waals surface area contributed by atoms with Crippen LogP contribution in [0.3, 0.4) is 0 Å². The van der Waals surface area contributed by atoms with E-state index in [1.807, 2.05) is 18.3 Å². The molecule has 1 aliphatic carbocycles. The van der Waals surface area contributed by atoms with Gasteiger partial charge >= 0.3 is 0 Å². The second-order valence-electron chi connectivity index (χ2n) is 7.54. The lowest BCUT2D eigenvalue weighted by Gasteiger charge is -2.24. The Balaban J connectivity index is 1.68. The average molecular weight is 341 g/mol. The number of hydrogen-bond acceptors (Lipinski definition) is 2. The van der Waals surface area contributed by atoms with Crippen LogP contribution in [0.1, 0.15) is 49.1 Å². The number of para-hydroxylation sites is 2. The Morgan fingerprint density at radius 2 is 1.73 bits per heavy atom. The maximum absolute atomic E-state index is 6.21. The molecular formula is C24H23NO. The van der Waals surface area contributed by atoms with Crippen LogP contribution in [0.15, 0.2) is 59.1 Å². The number of benzene rings is 2. The minimum atomic E-state index is 0.681. The lowest BCUT2D eigenvalue weighted by Crippen LogP contribution is -2.07. The van der Waals surface area contributed by atoms with E-state index in [0.29, 0.717) is 5.92 Å². The van der Waals surface area contributed by atoms with Crippen LogP contribution in [0.25, 0.3) is 33.2 Å². The molecular weight excluding hydrogens is 318 g/mol. The van der Waals surface area contributed by atoms with Gasteiger partial charge in [-0.05, 0) is 55.0 Å². The molecule has 0 aliphatic heterocycles. The minimum Gasteiger partial charge on any atom is -0.455 e. The van der Waals surface area contributed by atoms with E-state index in [4.69, 9.17) is 9.40 Å². The van der Waals surface area contributed by atoms with Gasteiger partial charge in [0.1, 0.15) is 11.2 Å². The summed E-state index contributed by atoms with van der Waals surface area (Å²) in [6.45, 7) is 2.20. The molecule has 1 saturated carbocycles. The Morgan fingerprint density at radius 1 is 0.923 bits per heavy atom. The van der Waals surface area contributed by atoms with Crippen molar-refractivity contribution in [3.63, 3.8) is 0 Å². The molecule has 2 aromatic heterocycles. The van der Waals surface area contributed by atoms with E-state index >= 15 is 0 Å². The van der Waals surface area contributed by atoms with Crippen molar-refractivity contribution in [1.82, 2.24) is 4.98 Å². The third kappa shape index (κ3) is 2.52. The lowest BCUT2D eigenvalue weighted by molar-refractivity contribution is 0.442. The summed E-state index contributed by atoms with van der Waals surface area (Å²) < 4.78 is 6.21. The zero-order valence-electron chi connectivity index (χ0n) is 15.2. The molecule has 26 heavy (non-hydrogen) atoms. The molecule has 130 valence electrons. The molecule has 4 aromatic rings. The molecule has 1 fully saturated rings. The molecule has 2 heteroatoms. The number of rotatable bonds is 2. The molecule has 0 atom stereocenters. The predicted octanol–water partition coefficient (Wildman–Crippen LogP) is 7.00. The summed E-state index contributed by atoms with van der Waals surface area (Å²) >= 11 is 0. The normalized spacial score (nSPS) is 15.7.